The molecule has 106 valence electrons. The van der Waals surface area contributed by atoms with Crippen LogP contribution in [0.3, 0.4) is 0 Å². The van der Waals surface area contributed by atoms with Crippen LogP contribution < -0.4 is 0 Å². The fraction of sp³-hybridized carbons (Fsp3) is 0.875. The summed E-state index contributed by atoms with van der Waals surface area (Å²) in [5.41, 5.74) is 0.604. The lowest BCUT2D eigenvalue weighted by Gasteiger charge is -2.33. The van der Waals surface area contributed by atoms with Crippen molar-refractivity contribution in [1.82, 2.24) is 4.90 Å². The van der Waals surface area contributed by atoms with Gasteiger partial charge < -0.3 is 4.74 Å². The van der Waals surface area contributed by atoms with E-state index >= 15 is 0 Å². The first-order valence-electron chi connectivity index (χ1n) is 7.61. The van der Waals surface area contributed by atoms with E-state index in [1.807, 2.05) is 6.08 Å². The predicted octanol–water partition coefficient (Wildman–Crippen LogP) is 3.87. The summed E-state index contributed by atoms with van der Waals surface area (Å²) >= 11 is 0. The Kier molecular flexibility index (Phi) is 7.60. The number of hydrogen-bond donors (Lipinski definition) is 0. The molecule has 0 amide bonds. The molecule has 2 aliphatic rings. The number of nitrogens with zero attached hydrogens (tertiary/aromatic N) is 1. The van der Waals surface area contributed by atoms with Crippen LogP contribution in [0.2, 0.25) is 0 Å². The van der Waals surface area contributed by atoms with Crippen LogP contribution in [0.1, 0.15) is 52.4 Å². The molecule has 0 unspecified atom stereocenters. The summed E-state index contributed by atoms with van der Waals surface area (Å²) in [7, 11) is 0. The van der Waals surface area contributed by atoms with Crippen molar-refractivity contribution in [3.63, 3.8) is 0 Å². The van der Waals surface area contributed by atoms with Crippen molar-refractivity contribution in [3.05, 3.63) is 12.7 Å². The van der Waals surface area contributed by atoms with Gasteiger partial charge in [0.1, 0.15) is 0 Å². The molecule has 2 fully saturated rings. The average Bonchev–Trinajstić information content (AvgIpc) is 2.84. The molecule has 2 saturated heterocycles. The van der Waals surface area contributed by atoms with Gasteiger partial charge in [-0.05, 0) is 50.6 Å². The molecule has 2 aliphatic heterocycles. The minimum atomic E-state index is 0.604. The van der Waals surface area contributed by atoms with Crippen LogP contribution in [-0.2, 0) is 4.74 Å². The Morgan fingerprint density at radius 1 is 1.22 bits per heavy atom. The van der Waals surface area contributed by atoms with E-state index in [9.17, 15) is 0 Å². The molecule has 18 heavy (non-hydrogen) atoms. The van der Waals surface area contributed by atoms with Gasteiger partial charge in [-0.15, -0.1) is 6.58 Å². The first-order valence-corrected chi connectivity index (χ1v) is 7.61. The smallest absolute Gasteiger partial charge is 0.0471 e. The Balaban J connectivity index is 0.000000184. The lowest BCUT2D eigenvalue weighted by atomic mass is 9.79. The van der Waals surface area contributed by atoms with Gasteiger partial charge in [0.05, 0.1) is 0 Å². The van der Waals surface area contributed by atoms with E-state index in [4.69, 9.17) is 4.74 Å². The first-order chi connectivity index (χ1) is 8.70. The summed E-state index contributed by atoms with van der Waals surface area (Å²) in [6.07, 6.45) is 9.96. The highest BCUT2D eigenvalue weighted by molar-refractivity contribution is 4.76. The van der Waals surface area contributed by atoms with Gasteiger partial charge in [-0.25, -0.2) is 0 Å². The lowest BCUT2D eigenvalue weighted by Crippen LogP contribution is -2.26. The number of likely N-dealkylation sites (tertiary alicyclic amines) is 1. The summed E-state index contributed by atoms with van der Waals surface area (Å²) in [6.45, 7) is 14.0. The second-order valence-electron chi connectivity index (χ2n) is 5.97. The second kappa shape index (κ2) is 8.71. The normalized spacial score (nSPS) is 23.2. The molecule has 0 aromatic carbocycles. The van der Waals surface area contributed by atoms with Crippen LogP contribution >= 0.6 is 0 Å². The van der Waals surface area contributed by atoms with Crippen LogP contribution in [0, 0.1) is 5.41 Å². The summed E-state index contributed by atoms with van der Waals surface area (Å²) < 4.78 is 5.31. The second-order valence-corrected chi connectivity index (χ2v) is 5.97. The number of rotatable bonds is 4. The minimum absolute atomic E-state index is 0.604. The summed E-state index contributed by atoms with van der Waals surface area (Å²) in [4.78, 5) is 2.42. The van der Waals surface area contributed by atoms with Crippen molar-refractivity contribution < 1.29 is 4.74 Å². The van der Waals surface area contributed by atoms with Gasteiger partial charge in [-0.1, -0.05) is 26.3 Å². The third kappa shape index (κ3) is 6.01. The highest BCUT2D eigenvalue weighted by atomic mass is 16.5. The summed E-state index contributed by atoms with van der Waals surface area (Å²) in [5.74, 6) is 0. The Bertz CT molecular complexity index is 210. The SMILES string of the molecule is C=CCN1CCCC1.CCCC1(C)CCOCC1. The summed E-state index contributed by atoms with van der Waals surface area (Å²) in [5, 5.41) is 0. The van der Waals surface area contributed by atoms with E-state index in [0.717, 1.165) is 19.8 Å². The van der Waals surface area contributed by atoms with Crippen LogP contribution in [0.5, 0.6) is 0 Å². The molecule has 0 spiro atoms. The molecular formula is C16H31NO. The highest BCUT2D eigenvalue weighted by Crippen LogP contribution is 2.34. The molecule has 2 heteroatoms. The van der Waals surface area contributed by atoms with E-state index in [1.165, 1.54) is 51.6 Å². The molecule has 0 aromatic rings. The van der Waals surface area contributed by atoms with Gasteiger partial charge in [0.15, 0.2) is 0 Å². The molecule has 0 radical (unpaired) electrons. The molecule has 0 saturated carbocycles. The van der Waals surface area contributed by atoms with Gasteiger partial charge in [-0.2, -0.15) is 0 Å². The maximum Gasteiger partial charge on any atom is 0.0471 e. The van der Waals surface area contributed by atoms with Crippen molar-refractivity contribution in [2.45, 2.75) is 52.4 Å². The van der Waals surface area contributed by atoms with Crippen molar-refractivity contribution in [2.75, 3.05) is 32.8 Å². The quantitative estimate of drug-likeness (QED) is 0.705. The lowest BCUT2D eigenvalue weighted by molar-refractivity contribution is 0.0195. The molecular weight excluding hydrogens is 222 g/mol. The minimum Gasteiger partial charge on any atom is -0.381 e. The highest BCUT2D eigenvalue weighted by Gasteiger charge is 2.25. The van der Waals surface area contributed by atoms with Crippen LogP contribution in [0.4, 0.5) is 0 Å². The molecule has 2 rings (SSSR count). The van der Waals surface area contributed by atoms with E-state index < -0.39 is 0 Å². The fourth-order valence-electron chi connectivity index (χ4n) is 2.87. The number of ether oxygens (including phenoxy) is 1. The standard InChI is InChI=1S/C9H18O.C7H13N/c1-3-4-9(2)5-7-10-8-6-9;1-2-5-8-6-3-4-7-8/h3-8H2,1-2H3;2H,1,3-7H2. The van der Waals surface area contributed by atoms with E-state index in [1.54, 1.807) is 0 Å². The molecule has 0 atom stereocenters. The van der Waals surface area contributed by atoms with E-state index in [-0.39, 0.29) is 0 Å². The largest absolute Gasteiger partial charge is 0.381 e. The summed E-state index contributed by atoms with van der Waals surface area (Å²) in [6, 6.07) is 0. The van der Waals surface area contributed by atoms with Crippen molar-refractivity contribution >= 4 is 0 Å². The molecule has 0 bridgehead atoms. The van der Waals surface area contributed by atoms with Crippen LogP contribution in [-0.4, -0.2) is 37.7 Å². The monoisotopic (exact) mass is 253 g/mol. The Morgan fingerprint density at radius 2 is 1.83 bits per heavy atom. The fourth-order valence-corrected chi connectivity index (χ4v) is 2.87. The average molecular weight is 253 g/mol. The topological polar surface area (TPSA) is 12.5 Å². The van der Waals surface area contributed by atoms with E-state index in [0.29, 0.717) is 5.41 Å². The van der Waals surface area contributed by atoms with Gasteiger partial charge in [-0.3, -0.25) is 4.90 Å². The first kappa shape index (κ1) is 15.7. The van der Waals surface area contributed by atoms with Crippen molar-refractivity contribution in [2.24, 2.45) is 5.41 Å². The number of hydrogen-bond acceptors (Lipinski definition) is 2. The molecule has 0 N–H and O–H groups in total. The predicted molar refractivity (Wildman–Crippen MR) is 78.9 cm³/mol. The maximum atomic E-state index is 5.31. The molecule has 0 aliphatic carbocycles. The van der Waals surface area contributed by atoms with Gasteiger partial charge in [0, 0.05) is 19.8 Å². The Hall–Kier alpha value is -0.340. The van der Waals surface area contributed by atoms with Crippen LogP contribution in [0.15, 0.2) is 12.7 Å². The zero-order valence-electron chi connectivity index (χ0n) is 12.4. The zero-order valence-corrected chi connectivity index (χ0v) is 12.4. The molecule has 0 aromatic heterocycles. The third-order valence-electron chi connectivity index (χ3n) is 4.14. The third-order valence-corrected chi connectivity index (χ3v) is 4.14. The van der Waals surface area contributed by atoms with Gasteiger partial charge >= 0.3 is 0 Å². The van der Waals surface area contributed by atoms with Crippen LogP contribution in [0.25, 0.3) is 0 Å². The molecule has 2 heterocycles. The van der Waals surface area contributed by atoms with Gasteiger partial charge in [0.25, 0.3) is 0 Å². The van der Waals surface area contributed by atoms with Crippen molar-refractivity contribution in [1.29, 1.82) is 0 Å². The zero-order chi connectivity index (χ0) is 13.3. The van der Waals surface area contributed by atoms with Gasteiger partial charge in [0.2, 0.25) is 0 Å². The van der Waals surface area contributed by atoms with E-state index in [2.05, 4.69) is 25.3 Å². The Morgan fingerprint density at radius 3 is 2.33 bits per heavy atom. The Labute approximate surface area is 113 Å². The van der Waals surface area contributed by atoms with Crippen molar-refractivity contribution in [3.8, 4) is 0 Å². The maximum absolute atomic E-state index is 5.31. The molecule has 2 nitrogen and oxygen atoms in total.